The molecule has 6 heteroatoms. The Hall–Kier alpha value is -2.08. The van der Waals surface area contributed by atoms with Crippen LogP contribution in [0.25, 0.3) is 0 Å². The standard InChI is InChI=1S/C16H17BrN4O/c17-13-4-6-14(7-5-13)19-16(22)21-11-9-20(10-12-21)15-3-1-2-8-18-15/h1-8H,9-12H2,(H,19,22). The topological polar surface area (TPSA) is 48.5 Å². The highest BCUT2D eigenvalue weighted by molar-refractivity contribution is 9.10. The molecule has 1 aromatic carbocycles. The van der Waals surface area contributed by atoms with Gasteiger partial charge in [0.15, 0.2) is 0 Å². The van der Waals surface area contributed by atoms with E-state index in [0.717, 1.165) is 29.1 Å². The van der Waals surface area contributed by atoms with Gasteiger partial charge in [0.2, 0.25) is 0 Å². The molecule has 0 bridgehead atoms. The number of benzene rings is 1. The molecule has 1 fully saturated rings. The second-order valence-electron chi connectivity index (χ2n) is 5.10. The van der Waals surface area contributed by atoms with Gasteiger partial charge in [-0.2, -0.15) is 0 Å². The molecule has 2 heterocycles. The molecule has 5 nitrogen and oxygen atoms in total. The average molecular weight is 361 g/mol. The maximum atomic E-state index is 12.3. The van der Waals surface area contributed by atoms with Crippen LogP contribution in [0, 0.1) is 0 Å². The van der Waals surface area contributed by atoms with Crippen molar-refractivity contribution in [2.24, 2.45) is 0 Å². The molecule has 1 aromatic heterocycles. The van der Waals surface area contributed by atoms with Crippen molar-refractivity contribution in [1.29, 1.82) is 0 Å². The normalized spacial score (nSPS) is 14.8. The summed E-state index contributed by atoms with van der Waals surface area (Å²) in [6.07, 6.45) is 1.79. The maximum Gasteiger partial charge on any atom is 0.321 e. The number of anilines is 2. The molecule has 0 atom stereocenters. The van der Waals surface area contributed by atoms with Gasteiger partial charge in [0.1, 0.15) is 5.82 Å². The van der Waals surface area contributed by atoms with Gasteiger partial charge in [0, 0.05) is 42.5 Å². The second kappa shape index (κ2) is 6.79. The van der Waals surface area contributed by atoms with Gasteiger partial charge in [-0.3, -0.25) is 0 Å². The molecule has 0 saturated carbocycles. The van der Waals surface area contributed by atoms with Crippen molar-refractivity contribution in [3.63, 3.8) is 0 Å². The average Bonchev–Trinajstić information content (AvgIpc) is 2.58. The zero-order valence-corrected chi connectivity index (χ0v) is 13.7. The molecule has 114 valence electrons. The number of pyridine rings is 1. The quantitative estimate of drug-likeness (QED) is 0.894. The monoisotopic (exact) mass is 360 g/mol. The molecule has 1 aliphatic heterocycles. The third-order valence-electron chi connectivity index (χ3n) is 3.64. The summed E-state index contributed by atoms with van der Waals surface area (Å²) >= 11 is 3.38. The first-order chi connectivity index (χ1) is 10.7. The number of halogens is 1. The zero-order valence-electron chi connectivity index (χ0n) is 12.1. The van der Waals surface area contributed by atoms with E-state index in [1.54, 1.807) is 6.20 Å². The van der Waals surface area contributed by atoms with Gasteiger partial charge in [-0.15, -0.1) is 0 Å². The van der Waals surface area contributed by atoms with Gasteiger partial charge in [0.25, 0.3) is 0 Å². The van der Waals surface area contributed by atoms with Gasteiger partial charge in [-0.1, -0.05) is 22.0 Å². The predicted octanol–water partition coefficient (Wildman–Crippen LogP) is 3.20. The van der Waals surface area contributed by atoms with Crippen LogP contribution in [0.15, 0.2) is 53.1 Å². The highest BCUT2D eigenvalue weighted by atomic mass is 79.9. The van der Waals surface area contributed by atoms with Crippen LogP contribution < -0.4 is 10.2 Å². The SMILES string of the molecule is O=C(Nc1ccc(Br)cc1)N1CCN(c2ccccn2)CC1. The molecule has 1 saturated heterocycles. The summed E-state index contributed by atoms with van der Waals surface area (Å²) in [6.45, 7) is 2.98. The lowest BCUT2D eigenvalue weighted by atomic mass is 10.3. The molecular weight excluding hydrogens is 344 g/mol. The van der Waals surface area contributed by atoms with E-state index in [1.807, 2.05) is 47.4 Å². The molecule has 3 rings (SSSR count). The molecule has 2 aromatic rings. The molecule has 0 unspecified atom stereocenters. The highest BCUT2D eigenvalue weighted by Crippen LogP contribution is 2.16. The minimum atomic E-state index is -0.0528. The van der Waals surface area contributed by atoms with E-state index in [4.69, 9.17) is 0 Å². The Morgan fingerprint density at radius 1 is 1.05 bits per heavy atom. The van der Waals surface area contributed by atoms with E-state index in [0.29, 0.717) is 13.1 Å². The van der Waals surface area contributed by atoms with E-state index in [1.165, 1.54) is 0 Å². The van der Waals surface area contributed by atoms with Crippen LogP contribution in [-0.2, 0) is 0 Å². The van der Waals surface area contributed by atoms with E-state index in [-0.39, 0.29) is 6.03 Å². The van der Waals surface area contributed by atoms with Crippen molar-refractivity contribution in [3.8, 4) is 0 Å². The fourth-order valence-electron chi connectivity index (χ4n) is 2.42. The van der Waals surface area contributed by atoms with E-state index in [9.17, 15) is 4.79 Å². The van der Waals surface area contributed by atoms with Gasteiger partial charge >= 0.3 is 6.03 Å². The first kappa shape index (κ1) is 14.8. The number of carbonyl (C=O) groups excluding carboxylic acids is 1. The molecule has 2 amide bonds. The summed E-state index contributed by atoms with van der Waals surface area (Å²) in [4.78, 5) is 20.6. The third-order valence-corrected chi connectivity index (χ3v) is 4.16. The zero-order chi connectivity index (χ0) is 15.4. The Kier molecular flexibility index (Phi) is 4.58. The number of hydrogen-bond donors (Lipinski definition) is 1. The van der Waals surface area contributed by atoms with E-state index < -0.39 is 0 Å². The lowest BCUT2D eigenvalue weighted by molar-refractivity contribution is 0.208. The van der Waals surface area contributed by atoms with Crippen LogP contribution >= 0.6 is 15.9 Å². The first-order valence-corrected chi connectivity index (χ1v) is 7.99. The molecule has 1 aliphatic rings. The Labute approximate surface area is 138 Å². The molecule has 0 aliphatic carbocycles. The molecule has 0 spiro atoms. The lowest BCUT2D eigenvalue weighted by Gasteiger charge is -2.35. The van der Waals surface area contributed by atoms with Crippen molar-refractivity contribution in [2.45, 2.75) is 0 Å². The van der Waals surface area contributed by atoms with E-state index in [2.05, 4.69) is 31.1 Å². The third kappa shape index (κ3) is 3.57. The summed E-state index contributed by atoms with van der Waals surface area (Å²) in [5.74, 6) is 0.968. The van der Waals surface area contributed by atoms with Crippen LogP contribution in [0.5, 0.6) is 0 Å². The number of carbonyl (C=O) groups is 1. The largest absolute Gasteiger partial charge is 0.353 e. The fraction of sp³-hybridized carbons (Fsp3) is 0.250. The minimum Gasteiger partial charge on any atom is -0.353 e. The van der Waals surface area contributed by atoms with Crippen LogP contribution in [0.4, 0.5) is 16.3 Å². The highest BCUT2D eigenvalue weighted by Gasteiger charge is 2.21. The molecule has 1 N–H and O–H groups in total. The van der Waals surface area contributed by atoms with Crippen molar-refractivity contribution in [1.82, 2.24) is 9.88 Å². The number of amides is 2. The van der Waals surface area contributed by atoms with Crippen LogP contribution in [0.3, 0.4) is 0 Å². The number of nitrogens with one attached hydrogen (secondary N) is 1. The Balaban J connectivity index is 1.54. The number of urea groups is 1. The van der Waals surface area contributed by atoms with Gasteiger partial charge < -0.3 is 15.1 Å². The number of piperazine rings is 1. The van der Waals surface area contributed by atoms with Gasteiger partial charge in [0.05, 0.1) is 0 Å². The summed E-state index contributed by atoms with van der Waals surface area (Å²) in [7, 11) is 0. The Morgan fingerprint density at radius 3 is 2.41 bits per heavy atom. The summed E-state index contributed by atoms with van der Waals surface area (Å²) in [5, 5.41) is 2.93. The Bertz CT molecular complexity index is 624. The second-order valence-corrected chi connectivity index (χ2v) is 6.01. The molecule has 22 heavy (non-hydrogen) atoms. The number of nitrogens with zero attached hydrogens (tertiary/aromatic N) is 3. The predicted molar refractivity (Wildman–Crippen MR) is 91.2 cm³/mol. The summed E-state index contributed by atoms with van der Waals surface area (Å²) < 4.78 is 0.995. The minimum absolute atomic E-state index is 0.0528. The van der Waals surface area contributed by atoms with Crippen LogP contribution in [-0.4, -0.2) is 42.1 Å². The number of aromatic nitrogens is 1. The van der Waals surface area contributed by atoms with Crippen LogP contribution in [0.1, 0.15) is 0 Å². The van der Waals surface area contributed by atoms with Crippen molar-refractivity contribution < 1.29 is 4.79 Å². The number of rotatable bonds is 2. The molecular formula is C16H17BrN4O. The maximum absolute atomic E-state index is 12.3. The summed E-state index contributed by atoms with van der Waals surface area (Å²) in [5.41, 5.74) is 0.806. The summed E-state index contributed by atoms with van der Waals surface area (Å²) in [6, 6.07) is 13.4. The first-order valence-electron chi connectivity index (χ1n) is 7.20. The van der Waals surface area contributed by atoms with Crippen LogP contribution in [0.2, 0.25) is 0 Å². The fourth-order valence-corrected chi connectivity index (χ4v) is 2.68. The van der Waals surface area contributed by atoms with Crippen molar-refractivity contribution in [3.05, 3.63) is 53.1 Å². The van der Waals surface area contributed by atoms with Crippen molar-refractivity contribution in [2.75, 3.05) is 36.4 Å². The van der Waals surface area contributed by atoms with E-state index >= 15 is 0 Å². The Morgan fingerprint density at radius 2 is 1.77 bits per heavy atom. The van der Waals surface area contributed by atoms with Gasteiger partial charge in [-0.05, 0) is 36.4 Å². The van der Waals surface area contributed by atoms with Crippen molar-refractivity contribution >= 4 is 33.5 Å². The number of hydrogen-bond acceptors (Lipinski definition) is 3. The molecule has 0 radical (unpaired) electrons. The smallest absolute Gasteiger partial charge is 0.321 e. The lowest BCUT2D eigenvalue weighted by Crippen LogP contribution is -2.50. The van der Waals surface area contributed by atoms with Gasteiger partial charge in [-0.25, -0.2) is 9.78 Å².